The summed E-state index contributed by atoms with van der Waals surface area (Å²) in [6, 6.07) is 24.4. The van der Waals surface area contributed by atoms with Gasteiger partial charge in [0.15, 0.2) is 6.61 Å². The van der Waals surface area contributed by atoms with Crippen LogP contribution >= 0.6 is 11.6 Å². The molecule has 0 aromatic heterocycles. The number of nitrogens with zero attached hydrogens (tertiary/aromatic N) is 1. The van der Waals surface area contributed by atoms with E-state index in [1.54, 1.807) is 17.0 Å². The topological polar surface area (TPSA) is 58.6 Å². The largest absolute Gasteiger partial charge is 0.482 e. The molecule has 194 valence electrons. The van der Waals surface area contributed by atoms with E-state index in [1.807, 2.05) is 73.7 Å². The van der Waals surface area contributed by atoms with Crippen LogP contribution in [0.4, 0.5) is 0 Å². The van der Waals surface area contributed by atoms with Crippen LogP contribution in [0.15, 0.2) is 78.9 Å². The van der Waals surface area contributed by atoms with Crippen molar-refractivity contribution in [2.75, 3.05) is 6.61 Å². The van der Waals surface area contributed by atoms with Gasteiger partial charge in [-0.3, -0.25) is 9.59 Å². The second kappa shape index (κ2) is 13.3. The molecule has 1 fully saturated rings. The average Bonchev–Trinajstić information content (AvgIpc) is 2.92. The lowest BCUT2D eigenvalue weighted by Gasteiger charge is -2.33. The second-order valence-electron chi connectivity index (χ2n) is 9.72. The second-order valence-corrected chi connectivity index (χ2v) is 10.1. The molecule has 3 aromatic rings. The minimum atomic E-state index is -0.675. The molecule has 4 rings (SSSR count). The molecular weight excluding hydrogens is 484 g/mol. The van der Waals surface area contributed by atoms with Gasteiger partial charge < -0.3 is 15.0 Å². The Bertz CT molecular complexity index is 1180. The molecule has 0 spiro atoms. The van der Waals surface area contributed by atoms with Crippen molar-refractivity contribution in [1.29, 1.82) is 0 Å². The number of nitrogens with one attached hydrogen (secondary N) is 1. The summed E-state index contributed by atoms with van der Waals surface area (Å²) in [4.78, 5) is 29.2. The van der Waals surface area contributed by atoms with Gasteiger partial charge in [0.2, 0.25) is 5.91 Å². The number of carbonyl (C=O) groups excluding carboxylic acids is 2. The number of carbonyl (C=O) groups is 2. The number of halogens is 1. The van der Waals surface area contributed by atoms with Gasteiger partial charge in [0.05, 0.1) is 5.02 Å². The monoisotopic (exact) mass is 518 g/mol. The van der Waals surface area contributed by atoms with Crippen molar-refractivity contribution in [1.82, 2.24) is 10.2 Å². The summed E-state index contributed by atoms with van der Waals surface area (Å²) >= 11 is 6.25. The van der Waals surface area contributed by atoms with E-state index in [1.165, 1.54) is 6.42 Å². The zero-order valence-corrected chi connectivity index (χ0v) is 22.1. The van der Waals surface area contributed by atoms with Crippen molar-refractivity contribution >= 4 is 23.4 Å². The first-order valence-electron chi connectivity index (χ1n) is 13.1. The van der Waals surface area contributed by atoms with Crippen LogP contribution in [-0.4, -0.2) is 35.4 Å². The average molecular weight is 519 g/mol. The van der Waals surface area contributed by atoms with Crippen molar-refractivity contribution in [3.05, 3.63) is 101 Å². The van der Waals surface area contributed by atoms with Crippen molar-refractivity contribution in [3.63, 3.8) is 0 Å². The Balaban J connectivity index is 1.62. The summed E-state index contributed by atoms with van der Waals surface area (Å²) in [5.41, 5.74) is 3.07. The van der Waals surface area contributed by atoms with Crippen LogP contribution in [0.3, 0.4) is 0 Å². The maximum Gasteiger partial charge on any atom is 0.261 e. The molecule has 1 N–H and O–H groups in total. The summed E-state index contributed by atoms with van der Waals surface area (Å²) in [6.45, 7) is 2.12. The van der Waals surface area contributed by atoms with Crippen LogP contribution in [0, 0.1) is 6.92 Å². The maximum absolute atomic E-state index is 13.8. The first kappa shape index (κ1) is 26.7. The quantitative estimate of drug-likeness (QED) is 0.352. The van der Waals surface area contributed by atoms with E-state index in [0.717, 1.165) is 42.4 Å². The van der Waals surface area contributed by atoms with Crippen LogP contribution in [0.1, 0.15) is 48.8 Å². The Labute approximate surface area is 224 Å². The Hall–Kier alpha value is -3.31. The van der Waals surface area contributed by atoms with Gasteiger partial charge in [-0.1, -0.05) is 97.6 Å². The predicted molar refractivity (Wildman–Crippen MR) is 148 cm³/mol. The zero-order chi connectivity index (χ0) is 26.0. The molecule has 1 saturated carbocycles. The van der Waals surface area contributed by atoms with E-state index < -0.39 is 6.04 Å². The normalized spacial score (nSPS) is 14.5. The summed E-state index contributed by atoms with van der Waals surface area (Å²) in [5, 5.41) is 3.70. The SMILES string of the molecule is Cc1ccccc1CN(C(=O)COc1ccccc1Cl)[C@H](Cc1ccccc1)C(=O)NC1CCCCC1. The van der Waals surface area contributed by atoms with E-state index in [-0.39, 0.29) is 24.5 Å². The van der Waals surface area contributed by atoms with Gasteiger partial charge in [-0.15, -0.1) is 0 Å². The standard InChI is InChI=1S/C31H35ClN2O3/c1-23-12-8-9-15-25(23)21-34(30(35)22-37-29-19-11-10-18-27(29)32)28(20-24-13-4-2-5-14-24)31(36)33-26-16-6-3-7-17-26/h2,4-5,8-15,18-19,26,28H,3,6-7,16-17,20-22H2,1H3,(H,33,36)/t28-/m1/s1. The first-order chi connectivity index (χ1) is 18.0. The number of rotatable bonds is 10. The molecule has 1 aliphatic rings. The summed E-state index contributed by atoms with van der Waals surface area (Å²) < 4.78 is 5.82. The number of hydrogen-bond acceptors (Lipinski definition) is 3. The number of aryl methyl sites for hydroxylation is 1. The van der Waals surface area contributed by atoms with Crippen molar-refractivity contribution < 1.29 is 14.3 Å². The van der Waals surface area contributed by atoms with E-state index in [0.29, 0.717) is 23.7 Å². The summed E-state index contributed by atoms with van der Waals surface area (Å²) in [7, 11) is 0. The molecule has 0 aliphatic heterocycles. The molecule has 5 nitrogen and oxygen atoms in total. The van der Waals surface area contributed by atoms with Gasteiger partial charge in [0, 0.05) is 19.0 Å². The molecule has 2 amide bonds. The van der Waals surface area contributed by atoms with E-state index in [2.05, 4.69) is 5.32 Å². The van der Waals surface area contributed by atoms with Crippen LogP contribution in [-0.2, 0) is 22.6 Å². The maximum atomic E-state index is 13.8. The smallest absolute Gasteiger partial charge is 0.261 e. The van der Waals surface area contributed by atoms with Crippen molar-refractivity contribution in [3.8, 4) is 5.75 Å². The fourth-order valence-corrected chi connectivity index (χ4v) is 5.04. The highest BCUT2D eigenvalue weighted by Gasteiger charge is 2.32. The lowest BCUT2D eigenvalue weighted by Crippen LogP contribution is -2.53. The van der Waals surface area contributed by atoms with Crippen molar-refractivity contribution in [2.24, 2.45) is 0 Å². The van der Waals surface area contributed by atoms with Gasteiger partial charge in [0.25, 0.3) is 5.91 Å². The molecule has 0 saturated heterocycles. The highest BCUT2D eigenvalue weighted by molar-refractivity contribution is 6.32. The molecule has 0 bridgehead atoms. The third kappa shape index (κ3) is 7.59. The van der Waals surface area contributed by atoms with Crippen LogP contribution < -0.4 is 10.1 Å². The zero-order valence-electron chi connectivity index (χ0n) is 21.4. The molecule has 0 heterocycles. The third-order valence-corrected chi connectivity index (χ3v) is 7.32. The Morgan fingerprint density at radius 3 is 2.35 bits per heavy atom. The Morgan fingerprint density at radius 1 is 0.946 bits per heavy atom. The third-order valence-electron chi connectivity index (χ3n) is 7.01. The number of para-hydroxylation sites is 1. The molecule has 1 atom stereocenters. The molecule has 6 heteroatoms. The van der Waals surface area contributed by atoms with E-state index in [9.17, 15) is 9.59 Å². The van der Waals surface area contributed by atoms with Gasteiger partial charge in [-0.25, -0.2) is 0 Å². The lowest BCUT2D eigenvalue weighted by molar-refractivity contribution is -0.143. The van der Waals surface area contributed by atoms with E-state index >= 15 is 0 Å². The fourth-order valence-electron chi connectivity index (χ4n) is 4.85. The predicted octanol–water partition coefficient (Wildman–Crippen LogP) is 6.12. The molecule has 0 radical (unpaired) electrons. The van der Waals surface area contributed by atoms with Crippen LogP contribution in [0.25, 0.3) is 0 Å². The molecule has 3 aromatic carbocycles. The molecule has 0 unspecified atom stereocenters. The molecule has 37 heavy (non-hydrogen) atoms. The highest BCUT2D eigenvalue weighted by Crippen LogP contribution is 2.24. The van der Waals surface area contributed by atoms with Crippen molar-refractivity contribution in [2.45, 2.75) is 64.1 Å². The number of benzene rings is 3. The van der Waals surface area contributed by atoms with Gasteiger partial charge in [0.1, 0.15) is 11.8 Å². The van der Waals surface area contributed by atoms with Crippen LogP contribution in [0.2, 0.25) is 5.02 Å². The number of ether oxygens (including phenoxy) is 1. The summed E-state index contributed by atoms with van der Waals surface area (Å²) in [6.07, 6.45) is 5.81. The Morgan fingerprint density at radius 2 is 1.62 bits per heavy atom. The summed E-state index contributed by atoms with van der Waals surface area (Å²) in [5.74, 6) is 0.0675. The van der Waals surface area contributed by atoms with E-state index in [4.69, 9.17) is 16.3 Å². The minimum absolute atomic E-state index is 0.115. The minimum Gasteiger partial charge on any atom is -0.482 e. The number of hydrogen-bond donors (Lipinski definition) is 1. The fraction of sp³-hybridized carbons (Fsp3) is 0.355. The Kier molecular flexibility index (Phi) is 9.61. The first-order valence-corrected chi connectivity index (χ1v) is 13.4. The highest BCUT2D eigenvalue weighted by atomic mass is 35.5. The molecule has 1 aliphatic carbocycles. The van der Waals surface area contributed by atoms with Gasteiger partial charge in [-0.05, 0) is 48.6 Å². The number of amides is 2. The van der Waals surface area contributed by atoms with Gasteiger partial charge in [-0.2, -0.15) is 0 Å². The van der Waals surface area contributed by atoms with Gasteiger partial charge >= 0.3 is 0 Å². The van der Waals surface area contributed by atoms with Crippen LogP contribution in [0.5, 0.6) is 5.75 Å². The molecular formula is C31H35ClN2O3. The lowest BCUT2D eigenvalue weighted by atomic mass is 9.94.